The summed E-state index contributed by atoms with van der Waals surface area (Å²) in [6.45, 7) is 0. The Balaban J connectivity index is 1.68. The van der Waals surface area contributed by atoms with Gasteiger partial charge in [-0.2, -0.15) is 5.10 Å². The molecule has 0 fully saturated rings. The number of rotatable bonds is 4. The fourth-order valence-corrected chi connectivity index (χ4v) is 2.29. The molecule has 0 unspecified atom stereocenters. The van der Waals surface area contributed by atoms with Crippen molar-refractivity contribution in [2.45, 2.75) is 12.8 Å². The number of carbonyl (C=O) groups excluding carboxylic acids is 1. The van der Waals surface area contributed by atoms with E-state index in [2.05, 4.69) is 20.3 Å². The molecule has 3 rings (SSSR count). The lowest BCUT2D eigenvalue weighted by Gasteiger charge is -2.09. The van der Waals surface area contributed by atoms with E-state index in [0.717, 1.165) is 22.9 Å². The normalized spacial score (nSPS) is 11.3. The summed E-state index contributed by atoms with van der Waals surface area (Å²) in [5, 5.41) is 12.0. The molecule has 0 bridgehead atoms. The highest BCUT2D eigenvalue weighted by atomic mass is 19.4. The highest BCUT2D eigenvalue weighted by Crippen LogP contribution is 2.23. The first-order chi connectivity index (χ1) is 11.9. The number of hydrogen-bond acceptors (Lipinski definition) is 4. The smallest absolute Gasteiger partial charge is 0.406 e. The topological polar surface area (TPSA) is 64.1 Å². The number of amides is 1. The number of halogens is 3. The zero-order valence-electron chi connectivity index (χ0n) is 12.7. The molecule has 1 amide bonds. The van der Waals surface area contributed by atoms with Gasteiger partial charge in [0.1, 0.15) is 5.75 Å². The van der Waals surface area contributed by atoms with Crippen LogP contribution in [0.1, 0.15) is 5.56 Å². The van der Waals surface area contributed by atoms with Gasteiger partial charge in [-0.15, -0.1) is 18.3 Å². The largest absolute Gasteiger partial charge is 0.573 e. The first-order valence-electron chi connectivity index (χ1n) is 7.26. The lowest BCUT2D eigenvalue weighted by Crippen LogP contribution is -2.17. The minimum atomic E-state index is -4.74. The number of carbonyl (C=O) groups is 1. The summed E-state index contributed by atoms with van der Waals surface area (Å²) in [4.78, 5) is 12.1. The van der Waals surface area contributed by atoms with Gasteiger partial charge in [-0.3, -0.25) is 4.79 Å². The number of anilines is 1. The molecule has 5 nitrogen and oxygen atoms in total. The molecule has 0 spiro atoms. The van der Waals surface area contributed by atoms with Crippen molar-refractivity contribution in [1.29, 1.82) is 0 Å². The van der Waals surface area contributed by atoms with E-state index in [9.17, 15) is 18.0 Å². The van der Waals surface area contributed by atoms with Crippen LogP contribution in [0.3, 0.4) is 0 Å². The lowest BCUT2D eigenvalue weighted by molar-refractivity contribution is -0.274. The maximum Gasteiger partial charge on any atom is 0.573 e. The predicted molar refractivity (Wildman–Crippen MR) is 85.0 cm³/mol. The van der Waals surface area contributed by atoms with Gasteiger partial charge in [-0.05, 0) is 17.7 Å². The second kappa shape index (κ2) is 6.76. The highest BCUT2D eigenvalue weighted by Gasteiger charge is 2.30. The van der Waals surface area contributed by atoms with E-state index in [-0.39, 0.29) is 18.1 Å². The van der Waals surface area contributed by atoms with Crippen molar-refractivity contribution in [3.63, 3.8) is 0 Å². The second-order valence-corrected chi connectivity index (χ2v) is 5.20. The van der Waals surface area contributed by atoms with Crippen molar-refractivity contribution < 1.29 is 22.7 Å². The van der Waals surface area contributed by atoms with E-state index in [0.29, 0.717) is 11.4 Å². The molecule has 8 heteroatoms. The maximum absolute atomic E-state index is 12.1. The Hall–Kier alpha value is -3.16. The molecular weight excluding hydrogens is 335 g/mol. The van der Waals surface area contributed by atoms with Crippen LogP contribution in [-0.2, 0) is 11.2 Å². The summed E-state index contributed by atoms with van der Waals surface area (Å²) in [7, 11) is 0. The molecule has 3 aromatic rings. The van der Waals surface area contributed by atoms with E-state index >= 15 is 0 Å². The molecule has 128 valence electrons. The quantitative estimate of drug-likeness (QED) is 0.781. The van der Waals surface area contributed by atoms with Gasteiger partial charge in [-0.25, -0.2) is 0 Å². The van der Waals surface area contributed by atoms with E-state index in [1.54, 1.807) is 6.20 Å². The van der Waals surface area contributed by atoms with Crippen LogP contribution < -0.4 is 10.1 Å². The van der Waals surface area contributed by atoms with E-state index in [4.69, 9.17) is 0 Å². The van der Waals surface area contributed by atoms with Gasteiger partial charge in [0.2, 0.25) is 5.91 Å². The van der Waals surface area contributed by atoms with Crippen LogP contribution in [-0.4, -0.2) is 22.5 Å². The van der Waals surface area contributed by atoms with Gasteiger partial charge in [-0.1, -0.05) is 36.4 Å². The molecule has 1 N–H and O–H groups in total. The average Bonchev–Trinajstić information content (AvgIpc) is 2.56. The molecule has 0 saturated carbocycles. The molecule has 0 atom stereocenters. The fraction of sp³-hybridized carbons (Fsp3) is 0.118. The minimum Gasteiger partial charge on any atom is -0.406 e. The third kappa shape index (κ3) is 4.43. The molecular formula is C17H12F3N3O2. The zero-order chi connectivity index (χ0) is 17.9. The molecule has 0 aliphatic heterocycles. The number of nitrogens with zero attached hydrogens (tertiary/aromatic N) is 2. The van der Waals surface area contributed by atoms with Crippen LogP contribution in [0.15, 0.2) is 54.7 Å². The van der Waals surface area contributed by atoms with Crippen LogP contribution in [0, 0.1) is 0 Å². The van der Waals surface area contributed by atoms with Gasteiger partial charge in [0.05, 0.1) is 12.6 Å². The Labute approximate surface area is 140 Å². The summed E-state index contributed by atoms with van der Waals surface area (Å²) in [5.41, 5.74) is 0.542. The Morgan fingerprint density at radius 1 is 1.08 bits per heavy atom. The van der Waals surface area contributed by atoms with Gasteiger partial charge >= 0.3 is 6.36 Å². The van der Waals surface area contributed by atoms with Crippen LogP contribution >= 0.6 is 0 Å². The number of nitrogens with one attached hydrogen (secondary N) is 1. The first-order valence-corrected chi connectivity index (χ1v) is 7.26. The van der Waals surface area contributed by atoms with Gasteiger partial charge in [0, 0.05) is 10.8 Å². The van der Waals surface area contributed by atoms with Crippen LogP contribution in [0.5, 0.6) is 5.75 Å². The number of alkyl halides is 3. The zero-order valence-corrected chi connectivity index (χ0v) is 12.7. The summed E-state index contributed by atoms with van der Waals surface area (Å²) in [6.07, 6.45) is -3.17. The van der Waals surface area contributed by atoms with Crippen LogP contribution in [0.2, 0.25) is 0 Å². The molecule has 1 aromatic heterocycles. The van der Waals surface area contributed by atoms with Crippen molar-refractivity contribution >= 4 is 22.5 Å². The lowest BCUT2D eigenvalue weighted by atomic mass is 10.1. The van der Waals surface area contributed by atoms with E-state index in [1.807, 2.05) is 24.3 Å². The summed E-state index contributed by atoms with van der Waals surface area (Å²) in [5.74, 6) is -0.355. The van der Waals surface area contributed by atoms with E-state index in [1.165, 1.54) is 12.1 Å². The predicted octanol–water partition coefficient (Wildman–Crippen LogP) is 3.71. The molecule has 0 saturated heterocycles. The third-order valence-electron chi connectivity index (χ3n) is 3.35. The molecule has 0 aliphatic carbocycles. The van der Waals surface area contributed by atoms with E-state index < -0.39 is 6.36 Å². The fourth-order valence-electron chi connectivity index (χ4n) is 2.29. The van der Waals surface area contributed by atoms with Crippen molar-refractivity contribution in [3.05, 3.63) is 60.3 Å². The average molecular weight is 347 g/mol. The molecule has 1 heterocycles. The first kappa shape index (κ1) is 16.7. The van der Waals surface area contributed by atoms with Crippen molar-refractivity contribution in [2.24, 2.45) is 0 Å². The molecule has 0 radical (unpaired) electrons. The maximum atomic E-state index is 12.1. The Morgan fingerprint density at radius 2 is 1.80 bits per heavy atom. The number of ether oxygens (including phenoxy) is 1. The molecule has 2 aromatic carbocycles. The summed E-state index contributed by atoms with van der Waals surface area (Å²) >= 11 is 0. The second-order valence-electron chi connectivity index (χ2n) is 5.20. The Bertz CT molecular complexity index is 890. The molecule has 25 heavy (non-hydrogen) atoms. The van der Waals surface area contributed by atoms with Crippen molar-refractivity contribution in [2.75, 3.05) is 5.32 Å². The van der Waals surface area contributed by atoms with Gasteiger partial charge in [0.15, 0.2) is 5.82 Å². The summed E-state index contributed by atoms with van der Waals surface area (Å²) in [6, 6.07) is 12.4. The number of hydrogen-bond donors (Lipinski definition) is 1. The van der Waals surface area contributed by atoms with Crippen molar-refractivity contribution in [3.8, 4) is 5.75 Å². The minimum absolute atomic E-state index is 0.0167. The summed E-state index contributed by atoms with van der Waals surface area (Å²) < 4.78 is 40.2. The van der Waals surface area contributed by atoms with Crippen LogP contribution in [0.4, 0.5) is 19.0 Å². The number of fused-ring (bicyclic) bond motifs is 1. The highest BCUT2D eigenvalue weighted by molar-refractivity contribution is 6.00. The van der Waals surface area contributed by atoms with Gasteiger partial charge in [0.25, 0.3) is 0 Å². The number of aromatic nitrogens is 2. The SMILES string of the molecule is O=C(Cc1ccc(OC(F)(F)F)cc1)Nc1nncc2ccccc12. The Kier molecular flexibility index (Phi) is 4.51. The van der Waals surface area contributed by atoms with Gasteiger partial charge < -0.3 is 10.1 Å². The standard InChI is InChI=1S/C17H12F3N3O2/c18-17(19,20)25-13-7-5-11(6-8-13)9-15(24)22-16-14-4-2-1-3-12(14)10-21-23-16/h1-8,10H,9H2,(H,22,23,24). The monoisotopic (exact) mass is 347 g/mol. The number of benzene rings is 2. The molecule has 0 aliphatic rings. The van der Waals surface area contributed by atoms with Crippen molar-refractivity contribution in [1.82, 2.24) is 10.2 Å². The third-order valence-corrected chi connectivity index (χ3v) is 3.35. The van der Waals surface area contributed by atoms with Crippen LogP contribution in [0.25, 0.3) is 10.8 Å². The Morgan fingerprint density at radius 3 is 2.52 bits per heavy atom.